The lowest BCUT2D eigenvalue weighted by molar-refractivity contribution is 0.0271. The molecule has 0 aromatic rings. The molecule has 18 heavy (non-hydrogen) atoms. The highest BCUT2D eigenvalue weighted by molar-refractivity contribution is 7.98. The number of aliphatic hydroxyl groups is 1. The molecule has 0 aliphatic heterocycles. The molecule has 1 unspecified atom stereocenters. The molecule has 0 aromatic heterocycles. The van der Waals surface area contributed by atoms with Crippen molar-refractivity contribution in [3.8, 4) is 0 Å². The Labute approximate surface area is 118 Å². The quantitative estimate of drug-likeness (QED) is 0.770. The number of thioether (sulfide) groups is 1. The minimum absolute atomic E-state index is 0.174. The van der Waals surface area contributed by atoms with Crippen molar-refractivity contribution in [2.24, 2.45) is 11.3 Å². The summed E-state index contributed by atoms with van der Waals surface area (Å²) in [6.45, 7) is 6.04. The lowest BCUT2D eigenvalue weighted by Crippen LogP contribution is -2.45. The summed E-state index contributed by atoms with van der Waals surface area (Å²) in [6.07, 6.45) is 8.35. The van der Waals surface area contributed by atoms with E-state index in [1.807, 2.05) is 11.8 Å². The molecular weight excluding hydrogens is 242 g/mol. The summed E-state index contributed by atoms with van der Waals surface area (Å²) < 4.78 is 0. The second kappa shape index (κ2) is 7.76. The van der Waals surface area contributed by atoms with Crippen LogP contribution in [0, 0.1) is 11.3 Å². The van der Waals surface area contributed by atoms with Crippen LogP contribution in [-0.2, 0) is 0 Å². The zero-order valence-corrected chi connectivity index (χ0v) is 13.4. The molecule has 108 valence electrons. The maximum absolute atomic E-state index is 9.83. The molecule has 1 aliphatic rings. The van der Waals surface area contributed by atoms with Crippen LogP contribution in [0.5, 0.6) is 0 Å². The standard InChI is InChI=1S/C15H31NOS/c1-5-14(10-18-4)16(3)11-15(12-17)8-6-13(2)7-9-15/h13-14,17H,5-12H2,1-4H3. The molecule has 0 bridgehead atoms. The summed E-state index contributed by atoms with van der Waals surface area (Å²) in [4.78, 5) is 2.49. The van der Waals surface area contributed by atoms with Crippen molar-refractivity contribution in [3.63, 3.8) is 0 Å². The Morgan fingerprint density at radius 3 is 2.44 bits per heavy atom. The van der Waals surface area contributed by atoms with Gasteiger partial charge in [-0.3, -0.25) is 0 Å². The Bertz CT molecular complexity index is 227. The number of nitrogens with zero attached hydrogens (tertiary/aromatic N) is 1. The van der Waals surface area contributed by atoms with Crippen molar-refractivity contribution >= 4 is 11.8 Å². The third kappa shape index (κ3) is 4.43. The summed E-state index contributed by atoms with van der Waals surface area (Å²) in [5.41, 5.74) is 0.174. The summed E-state index contributed by atoms with van der Waals surface area (Å²) in [7, 11) is 2.24. The van der Waals surface area contributed by atoms with Crippen molar-refractivity contribution in [2.75, 3.05) is 32.2 Å². The van der Waals surface area contributed by atoms with Crippen LogP contribution in [0.4, 0.5) is 0 Å². The normalized spacial score (nSPS) is 30.7. The molecule has 1 saturated carbocycles. The monoisotopic (exact) mass is 273 g/mol. The predicted molar refractivity (Wildman–Crippen MR) is 82.2 cm³/mol. The van der Waals surface area contributed by atoms with Gasteiger partial charge in [-0.2, -0.15) is 11.8 Å². The highest BCUT2D eigenvalue weighted by Crippen LogP contribution is 2.39. The number of aliphatic hydroxyl groups excluding tert-OH is 1. The van der Waals surface area contributed by atoms with E-state index in [9.17, 15) is 5.11 Å². The van der Waals surface area contributed by atoms with E-state index in [0.717, 1.165) is 12.5 Å². The van der Waals surface area contributed by atoms with Gasteiger partial charge in [-0.15, -0.1) is 0 Å². The second-order valence-corrected chi connectivity index (χ2v) is 7.18. The van der Waals surface area contributed by atoms with E-state index in [4.69, 9.17) is 0 Å². The topological polar surface area (TPSA) is 23.5 Å². The molecule has 0 radical (unpaired) electrons. The van der Waals surface area contributed by atoms with Gasteiger partial charge in [-0.05, 0) is 38.5 Å². The molecule has 1 N–H and O–H groups in total. The molecular formula is C15H31NOS. The molecule has 1 rings (SSSR count). The van der Waals surface area contributed by atoms with Crippen LogP contribution in [0.25, 0.3) is 0 Å². The van der Waals surface area contributed by atoms with Gasteiger partial charge in [0.1, 0.15) is 0 Å². The zero-order valence-electron chi connectivity index (χ0n) is 12.6. The van der Waals surface area contributed by atoms with Crippen molar-refractivity contribution in [1.29, 1.82) is 0 Å². The van der Waals surface area contributed by atoms with Crippen LogP contribution in [0.3, 0.4) is 0 Å². The van der Waals surface area contributed by atoms with Crippen molar-refractivity contribution in [1.82, 2.24) is 4.90 Å². The second-order valence-electron chi connectivity index (χ2n) is 6.27. The van der Waals surface area contributed by atoms with Crippen molar-refractivity contribution in [3.05, 3.63) is 0 Å². The molecule has 0 spiro atoms. The SMILES string of the molecule is CCC(CSC)N(C)CC1(CO)CCC(C)CC1. The fourth-order valence-corrected chi connectivity index (χ4v) is 4.02. The first-order valence-corrected chi connectivity index (χ1v) is 8.76. The minimum Gasteiger partial charge on any atom is -0.396 e. The molecule has 2 nitrogen and oxygen atoms in total. The number of hydrogen-bond donors (Lipinski definition) is 1. The molecule has 0 heterocycles. The predicted octanol–water partition coefficient (Wildman–Crippen LogP) is 3.25. The van der Waals surface area contributed by atoms with Gasteiger partial charge in [0, 0.05) is 30.4 Å². The van der Waals surface area contributed by atoms with Crippen LogP contribution in [0.2, 0.25) is 0 Å². The third-order valence-electron chi connectivity index (χ3n) is 4.71. The number of hydrogen-bond acceptors (Lipinski definition) is 3. The smallest absolute Gasteiger partial charge is 0.0499 e. The van der Waals surface area contributed by atoms with Crippen LogP contribution in [-0.4, -0.2) is 48.3 Å². The average Bonchev–Trinajstić information content (AvgIpc) is 2.38. The van der Waals surface area contributed by atoms with Gasteiger partial charge < -0.3 is 10.0 Å². The minimum atomic E-state index is 0.174. The van der Waals surface area contributed by atoms with E-state index in [2.05, 4.69) is 32.1 Å². The van der Waals surface area contributed by atoms with Gasteiger partial charge in [-0.1, -0.05) is 26.7 Å². The first-order chi connectivity index (χ1) is 8.56. The Hall–Kier alpha value is 0.270. The molecule has 1 atom stereocenters. The van der Waals surface area contributed by atoms with E-state index in [1.54, 1.807) is 0 Å². The van der Waals surface area contributed by atoms with Crippen LogP contribution in [0.1, 0.15) is 46.0 Å². The maximum atomic E-state index is 9.83. The molecule has 3 heteroatoms. The average molecular weight is 273 g/mol. The Kier molecular flexibility index (Phi) is 7.04. The van der Waals surface area contributed by atoms with E-state index in [0.29, 0.717) is 12.6 Å². The zero-order chi connectivity index (χ0) is 13.6. The van der Waals surface area contributed by atoms with Crippen LogP contribution < -0.4 is 0 Å². The molecule has 1 fully saturated rings. The lowest BCUT2D eigenvalue weighted by atomic mass is 9.71. The van der Waals surface area contributed by atoms with E-state index >= 15 is 0 Å². The van der Waals surface area contributed by atoms with Crippen molar-refractivity contribution in [2.45, 2.75) is 52.0 Å². The lowest BCUT2D eigenvalue weighted by Gasteiger charge is -2.42. The summed E-state index contributed by atoms with van der Waals surface area (Å²) in [5, 5.41) is 9.83. The summed E-state index contributed by atoms with van der Waals surface area (Å²) >= 11 is 1.93. The fraction of sp³-hybridized carbons (Fsp3) is 1.00. The maximum Gasteiger partial charge on any atom is 0.0499 e. The third-order valence-corrected chi connectivity index (χ3v) is 5.43. The first-order valence-electron chi connectivity index (χ1n) is 7.37. The van der Waals surface area contributed by atoms with E-state index in [-0.39, 0.29) is 5.41 Å². The van der Waals surface area contributed by atoms with Crippen LogP contribution in [0.15, 0.2) is 0 Å². The van der Waals surface area contributed by atoms with Gasteiger partial charge in [0.25, 0.3) is 0 Å². The van der Waals surface area contributed by atoms with Gasteiger partial charge in [0.2, 0.25) is 0 Å². The summed E-state index contributed by atoms with van der Waals surface area (Å²) in [6, 6.07) is 0.655. The van der Waals surface area contributed by atoms with Gasteiger partial charge >= 0.3 is 0 Å². The van der Waals surface area contributed by atoms with Gasteiger partial charge in [0.15, 0.2) is 0 Å². The Morgan fingerprint density at radius 2 is 2.00 bits per heavy atom. The van der Waals surface area contributed by atoms with Gasteiger partial charge in [-0.25, -0.2) is 0 Å². The van der Waals surface area contributed by atoms with Crippen molar-refractivity contribution < 1.29 is 5.11 Å². The fourth-order valence-electron chi connectivity index (χ4n) is 3.15. The van der Waals surface area contributed by atoms with Crippen LogP contribution >= 0.6 is 11.8 Å². The van der Waals surface area contributed by atoms with E-state index in [1.165, 1.54) is 37.9 Å². The summed E-state index contributed by atoms with van der Waals surface area (Å²) in [5.74, 6) is 2.05. The molecule has 0 amide bonds. The first kappa shape index (κ1) is 16.3. The Balaban J connectivity index is 2.56. The molecule has 0 aromatic carbocycles. The molecule has 0 saturated heterocycles. The molecule has 1 aliphatic carbocycles. The highest BCUT2D eigenvalue weighted by Gasteiger charge is 2.35. The highest BCUT2D eigenvalue weighted by atomic mass is 32.2. The van der Waals surface area contributed by atoms with Gasteiger partial charge in [0.05, 0.1) is 0 Å². The van der Waals surface area contributed by atoms with E-state index < -0.39 is 0 Å². The number of rotatable bonds is 7. The Morgan fingerprint density at radius 1 is 1.39 bits per heavy atom. The largest absolute Gasteiger partial charge is 0.396 e.